The Kier molecular flexibility index (Phi) is 9.10. The molecule has 1 fully saturated rings. The Morgan fingerprint density at radius 3 is 2.49 bits per heavy atom. The van der Waals surface area contributed by atoms with Crippen molar-refractivity contribution in [3.63, 3.8) is 0 Å². The van der Waals surface area contributed by atoms with Gasteiger partial charge in [0.15, 0.2) is 0 Å². The Morgan fingerprint density at radius 1 is 1.15 bits per heavy atom. The van der Waals surface area contributed by atoms with Crippen LogP contribution in [0.5, 0.6) is 0 Å². The van der Waals surface area contributed by atoms with E-state index in [4.69, 9.17) is 16.3 Å². The summed E-state index contributed by atoms with van der Waals surface area (Å²) in [4.78, 5) is 23.8. The summed E-state index contributed by atoms with van der Waals surface area (Å²) >= 11 is 5.92. The molecule has 13 heteroatoms. The molecule has 0 aliphatic carbocycles. The molecule has 1 saturated heterocycles. The molecule has 1 atom stereocenters. The van der Waals surface area contributed by atoms with Crippen LogP contribution in [0.15, 0.2) is 35.4 Å². The largest absolute Gasteiger partial charge is 0.416 e. The van der Waals surface area contributed by atoms with Gasteiger partial charge in [0.1, 0.15) is 17.7 Å². The SMILES string of the molecule is COCCN1CCN(CC2=NN(c3cc(C(F)(F)F)cc(C)n3)C(C(=O)N(C)c3ccc(F)c(Cl)c3)C2)CC1. The van der Waals surface area contributed by atoms with E-state index in [9.17, 15) is 22.4 Å². The van der Waals surface area contributed by atoms with E-state index in [0.29, 0.717) is 24.6 Å². The molecule has 4 rings (SSSR count). The van der Waals surface area contributed by atoms with Gasteiger partial charge in [0.2, 0.25) is 0 Å². The number of amides is 1. The minimum atomic E-state index is -4.58. The van der Waals surface area contributed by atoms with Crippen molar-refractivity contribution in [2.75, 3.05) is 69.9 Å². The number of hydrogen-bond acceptors (Lipinski definition) is 7. The number of rotatable bonds is 8. The number of ether oxygens (including phenoxy) is 1. The van der Waals surface area contributed by atoms with Crippen LogP contribution in [0.2, 0.25) is 5.02 Å². The third-order valence-electron chi connectivity index (χ3n) is 6.86. The van der Waals surface area contributed by atoms with E-state index in [1.54, 1.807) is 7.11 Å². The number of nitrogens with zero attached hydrogens (tertiary/aromatic N) is 6. The molecule has 1 aromatic carbocycles. The highest BCUT2D eigenvalue weighted by Gasteiger charge is 2.39. The maximum absolute atomic E-state index is 13.7. The normalized spacial score (nSPS) is 18.9. The lowest BCUT2D eigenvalue weighted by atomic mass is 10.1. The molecule has 8 nitrogen and oxygen atoms in total. The molecule has 1 unspecified atom stereocenters. The summed E-state index contributed by atoms with van der Waals surface area (Å²) in [6, 6.07) is 4.81. The average molecular weight is 571 g/mol. The molecule has 2 aliphatic heterocycles. The molecule has 2 aromatic rings. The van der Waals surface area contributed by atoms with Crippen LogP contribution in [0.3, 0.4) is 0 Å². The van der Waals surface area contributed by atoms with E-state index < -0.39 is 29.5 Å². The Balaban J connectivity index is 1.59. The number of carbonyl (C=O) groups excluding carboxylic acids is 1. The van der Waals surface area contributed by atoms with Gasteiger partial charge in [0, 0.05) is 71.2 Å². The number of aryl methyl sites for hydroxylation is 1. The summed E-state index contributed by atoms with van der Waals surface area (Å²) in [6.07, 6.45) is -4.38. The summed E-state index contributed by atoms with van der Waals surface area (Å²) < 4.78 is 59.6. The molecule has 0 N–H and O–H groups in total. The lowest BCUT2D eigenvalue weighted by molar-refractivity contribution is -0.137. The molecule has 39 heavy (non-hydrogen) atoms. The molecule has 1 aromatic heterocycles. The van der Waals surface area contributed by atoms with E-state index in [1.807, 2.05) is 0 Å². The van der Waals surface area contributed by atoms with Gasteiger partial charge in [-0.2, -0.15) is 18.3 Å². The predicted octanol–water partition coefficient (Wildman–Crippen LogP) is 4.06. The van der Waals surface area contributed by atoms with E-state index in [-0.39, 0.29) is 23.0 Å². The molecular weight excluding hydrogens is 540 g/mol. The van der Waals surface area contributed by atoms with E-state index in [2.05, 4.69) is 19.9 Å². The van der Waals surface area contributed by atoms with Crippen molar-refractivity contribution in [3.8, 4) is 0 Å². The fraction of sp³-hybridized carbons (Fsp3) is 0.500. The van der Waals surface area contributed by atoms with Crippen molar-refractivity contribution in [2.24, 2.45) is 5.10 Å². The van der Waals surface area contributed by atoms with Crippen LogP contribution in [-0.4, -0.2) is 92.5 Å². The smallest absolute Gasteiger partial charge is 0.383 e. The first kappa shape index (κ1) is 29.2. The number of anilines is 2. The molecule has 0 bridgehead atoms. The van der Waals surface area contributed by atoms with Gasteiger partial charge in [-0.25, -0.2) is 14.4 Å². The van der Waals surface area contributed by atoms with E-state index in [0.717, 1.165) is 50.9 Å². The summed E-state index contributed by atoms with van der Waals surface area (Å²) in [6.45, 7) is 6.72. The Hall–Kier alpha value is -2.80. The van der Waals surface area contributed by atoms with Crippen molar-refractivity contribution in [1.29, 1.82) is 0 Å². The second-order valence-electron chi connectivity index (χ2n) is 9.69. The van der Waals surface area contributed by atoms with Gasteiger partial charge in [-0.3, -0.25) is 14.6 Å². The summed E-state index contributed by atoms with van der Waals surface area (Å²) in [5.74, 6) is -1.12. The molecule has 0 saturated carbocycles. The molecular formula is C26H31ClF4N6O2. The van der Waals surface area contributed by atoms with Crippen LogP contribution in [0, 0.1) is 12.7 Å². The molecule has 212 valence electrons. The van der Waals surface area contributed by atoms with Gasteiger partial charge in [-0.15, -0.1) is 0 Å². The van der Waals surface area contributed by atoms with Gasteiger partial charge in [-0.05, 0) is 37.3 Å². The lowest BCUT2D eigenvalue weighted by Crippen LogP contribution is -2.48. The summed E-state index contributed by atoms with van der Waals surface area (Å²) in [5.41, 5.74) is 0.299. The Bertz CT molecular complexity index is 1220. The standard InChI is InChI=1S/C26H31ClF4N6O2/c1-17-12-18(26(29,30)31)13-24(32-17)37-23(25(38)34(2)20-4-5-22(28)21(27)15-20)14-19(33-37)16-36-8-6-35(7-9-36)10-11-39-3/h4-5,12-13,15,23H,6-11,14,16H2,1-3H3. The number of likely N-dealkylation sites (N-methyl/N-ethyl adjacent to an activating group) is 1. The topological polar surface area (TPSA) is 64.5 Å². The number of alkyl halides is 3. The first-order valence-corrected chi connectivity index (χ1v) is 12.9. The van der Waals surface area contributed by atoms with Crippen LogP contribution in [0.1, 0.15) is 17.7 Å². The van der Waals surface area contributed by atoms with Gasteiger partial charge < -0.3 is 9.64 Å². The van der Waals surface area contributed by atoms with Crippen LogP contribution in [0.4, 0.5) is 29.1 Å². The number of aromatic nitrogens is 1. The van der Waals surface area contributed by atoms with Gasteiger partial charge in [0.05, 0.1) is 22.9 Å². The van der Waals surface area contributed by atoms with Crippen molar-refractivity contribution < 1.29 is 27.1 Å². The zero-order chi connectivity index (χ0) is 28.3. The number of carbonyl (C=O) groups is 1. The second-order valence-corrected chi connectivity index (χ2v) is 10.1. The quantitative estimate of drug-likeness (QED) is 0.446. The Labute approximate surface area is 229 Å². The van der Waals surface area contributed by atoms with Crippen molar-refractivity contribution in [1.82, 2.24) is 14.8 Å². The molecule has 2 aliphatic rings. The number of benzene rings is 1. The van der Waals surface area contributed by atoms with Crippen LogP contribution < -0.4 is 9.91 Å². The maximum atomic E-state index is 13.7. The maximum Gasteiger partial charge on any atom is 0.416 e. The van der Waals surface area contributed by atoms with Crippen molar-refractivity contribution in [3.05, 3.63) is 52.4 Å². The third-order valence-corrected chi connectivity index (χ3v) is 7.15. The number of methoxy groups -OCH3 is 1. The molecule has 1 amide bonds. The van der Waals surface area contributed by atoms with E-state index in [1.165, 1.54) is 36.0 Å². The summed E-state index contributed by atoms with van der Waals surface area (Å²) in [7, 11) is 3.17. The minimum Gasteiger partial charge on any atom is -0.383 e. The van der Waals surface area contributed by atoms with Gasteiger partial charge >= 0.3 is 6.18 Å². The zero-order valence-electron chi connectivity index (χ0n) is 22.0. The molecule has 0 spiro atoms. The Morgan fingerprint density at radius 2 is 1.85 bits per heavy atom. The monoisotopic (exact) mass is 570 g/mol. The first-order valence-electron chi connectivity index (χ1n) is 12.5. The van der Waals surface area contributed by atoms with Crippen LogP contribution in [0.25, 0.3) is 0 Å². The van der Waals surface area contributed by atoms with Crippen LogP contribution in [-0.2, 0) is 15.7 Å². The fourth-order valence-electron chi connectivity index (χ4n) is 4.70. The highest BCUT2D eigenvalue weighted by atomic mass is 35.5. The first-order chi connectivity index (χ1) is 18.5. The predicted molar refractivity (Wildman–Crippen MR) is 142 cm³/mol. The minimum absolute atomic E-state index is 0.0643. The highest BCUT2D eigenvalue weighted by Crippen LogP contribution is 2.34. The molecule has 3 heterocycles. The number of pyridine rings is 1. The van der Waals surface area contributed by atoms with Crippen LogP contribution >= 0.6 is 11.6 Å². The highest BCUT2D eigenvalue weighted by molar-refractivity contribution is 6.31. The third kappa shape index (κ3) is 7.05. The average Bonchev–Trinajstić information content (AvgIpc) is 3.32. The second kappa shape index (κ2) is 12.2. The fourth-order valence-corrected chi connectivity index (χ4v) is 4.87. The number of hydrazone groups is 1. The molecule has 0 radical (unpaired) electrons. The van der Waals surface area contributed by atoms with Crippen molar-refractivity contribution >= 4 is 34.7 Å². The lowest BCUT2D eigenvalue weighted by Gasteiger charge is -2.34. The van der Waals surface area contributed by atoms with Gasteiger partial charge in [-0.1, -0.05) is 11.6 Å². The van der Waals surface area contributed by atoms with Crippen molar-refractivity contribution in [2.45, 2.75) is 25.6 Å². The van der Waals surface area contributed by atoms with Gasteiger partial charge in [0.25, 0.3) is 5.91 Å². The number of halogens is 5. The van der Waals surface area contributed by atoms with E-state index >= 15 is 0 Å². The zero-order valence-corrected chi connectivity index (χ0v) is 22.8. The number of hydrogen-bond donors (Lipinski definition) is 0. The number of piperazine rings is 1. The summed E-state index contributed by atoms with van der Waals surface area (Å²) in [5, 5.41) is 5.73.